The predicted molar refractivity (Wildman–Crippen MR) is 44.0 cm³/mol. The van der Waals surface area contributed by atoms with Gasteiger partial charge < -0.3 is 9.84 Å². The van der Waals surface area contributed by atoms with Crippen LogP contribution in [0.5, 0.6) is 0 Å². The monoisotopic (exact) mass is 174 g/mol. The molecule has 0 bridgehead atoms. The summed E-state index contributed by atoms with van der Waals surface area (Å²) in [5.41, 5.74) is 1.09. The molecular formula is C7H11ClN2O. The molecule has 1 fully saturated rings. The van der Waals surface area contributed by atoms with Crippen LogP contribution >= 0.6 is 12.4 Å². The first-order valence-corrected chi connectivity index (χ1v) is 3.58. The molecule has 0 aliphatic carbocycles. The van der Waals surface area contributed by atoms with Crippen LogP contribution in [0.2, 0.25) is 0 Å². The molecule has 2 heterocycles. The van der Waals surface area contributed by atoms with Crippen molar-refractivity contribution in [1.29, 1.82) is 0 Å². The molecule has 0 spiro atoms. The Morgan fingerprint density at radius 3 is 3.09 bits per heavy atom. The molecule has 1 aromatic heterocycles. The van der Waals surface area contributed by atoms with Crippen molar-refractivity contribution in [2.75, 3.05) is 13.1 Å². The van der Waals surface area contributed by atoms with Crippen LogP contribution in [-0.4, -0.2) is 18.2 Å². The van der Waals surface area contributed by atoms with Crippen LogP contribution in [0, 0.1) is 0 Å². The summed E-state index contributed by atoms with van der Waals surface area (Å²) < 4.78 is 4.75. The van der Waals surface area contributed by atoms with Gasteiger partial charge in [-0.15, -0.1) is 12.4 Å². The van der Waals surface area contributed by atoms with Gasteiger partial charge in [-0.3, -0.25) is 0 Å². The molecule has 0 aromatic carbocycles. The lowest BCUT2D eigenvalue weighted by Crippen LogP contribution is -2.07. The maximum Gasteiger partial charge on any atom is 0.124 e. The molecular weight excluding hydrogens is 164 g/mol. The molecule has 0 radical (unpaired) electrons. The lowest BCUT2D eigenvalue weighted by atomic mass is 10.1. The van der Waals surface area contributed by atoms with Gasteiger partial charge in [0.05, 0.1) is 5.69 Å². The first kappa shape index (κ1) is 8.56. The standard InChI is InChI=1S/C7H10N2O.ClH/c1-3-8-5-6(1)7-2-4-10-9-7;/h2,4,6,8H,1,3,5H2;1H. The SMILES string of the molecule is Cl.c1cc(C2CCNC2)no1. The quantitative estimate of drug-likeness (QED) is 0.695. The zero-order valence-electron chi connectivity index (χ0n) is 6.12. The molecule has 1 N–H and O–H groups in total. The third-order valence-corrected chi connectivity index (χ3v) is 1.94. The summed E-state index contributed by atoms with van der Waals surface area (Å²) in [5.74, 6) is 0.582. The summed E-state index contributed by atoms with van der Waals surface area (Å²) in [5, 5.41) is 7.16. The summed E-state index contributed by atoms with van der Waals surface area (Å²) in [6.07, 6.45) is 2.82. The Balaban J connectivity index is 0.000000605. The second kappa shape index (κ2) is 3.74. The Labute approximate surface area is 71.6 Å². The van der Waals surface area contributed by atoms with Crippen molar-refractivity contribution >= 4 is 12.4 Å². The minimum absolute atomic E-state index is 0. The van der Waals surface area contributed by atoms with Crippen molar-refractivity contribution in [2.24, 2.45) is 0 Å². The average molecular weight is 175 g/mol. The third kappa shape index (κ3) is 1.73. The number of halogens is 1. The molecule has 62 valence electrons. The Morgan fingerprint density at radius 1 is 1.64 bits per heavy atom. The number of aromatic nitrogens is 1. The first-order valence-electron chi connectivity index (χ1n) is 3.58. The van der Waals surface area contributed by atoms with Crippen molar-refractivity contribution in [2.45, 2.75) is 12.3 Å². The second-order valence-electron chi connectivity index (χ2n) is 2.61. The topological polar surface area (TPSA) is 38.1 Å². The van der Waals surface area contributed by atoms with Gasteiger partial charge in [-0.2, -0.15) is 0 Å². The van der Waals surface area contributed by atoms with Gasteiger partial charge in [-0.1, -0.05) is 5.16 Å². The maximum atomic E-state index is 4.75. The lowest BCUT2D eigenvalue weighted by molar-refractivity contribution is 0.406. The third-order valence-electron chi connectivity index (χ3n) is 1.94. The summed E-state index contributed by atoms with van der Waals surface area (Å²) in [6, 6.07) is 1.94. The highest BCUT2D eigenvalue weighted by Gasteiger charge is 2.18. The highest BCUT2D eigenvalue weighted by Crippen LogP contribution is 2.19. The smallest absolute Gasteiger partial charge is 0.124 e. The van der Waals surface area contributed by atoms with Gasteiger partial charge in [0.2, 0.25) is 0 Å². The minimum Gasteiger partial charge on any atom is -0.365 e. The van der Waals surface area contributed by atoms with E-state index >= 15 is 0 Å². The van der Waals surface area contributed by atoms with Gasteiger partial charge in [0.1, 0.15) is 6.26 Å². The van der Waals surface area contributed by atoms with Crippen molar-refractivity contribution in [3.05, 3.63) is 18.0 Å². The van der Waals surface area contributed by atoms with Crippen LogP contribution in [-0.2, 0) is 0 Å². The predicted octanol–water partition coefficient (Wildman–Crippen LogP) is 1.17. The largest absolute Gasteiger partial charge is 0.365 e. The van der Waals surface area contributed by atoms with E-state index in [1.807, 2.05) is 6.07 Å². The van der Waals surface area contributed by atoms with E-state index in [-0.39, 0.29) is 12.4 Å². The van der Waals surface area contributed by atoms with Gasteiger partial charge in [-0.05, 0) is 13.0 Å². The molecule has 2 rings (SSSR count). The molecule has 11 heavy (non-hydrogen) atoms. The van der Waals surface area contributed by atoms with Gasteiger partial charge >= 0.3 is 0 Å². The second-order valence-corrected chi connectivity index (χ2v) is 2.61. The summed E-state index contributed by atoms with van der Waals surface area (Å²) in [4.78, 5) is 0. The van der Waals surface area contributed by atoms with Crippen molar-refractivity contribution in [3.8, 4) is 0 Å². The van der Waals surface area contributed by atoms with Gasteiger partial charge in [0.15, 0.2) is 0 Å². The summed E-state index contributed by atoms with van der Waals surface area (Å²) >= 11 is 0. The first-order chi connectivity index (χ1) is 4.97. The fourth-order valence-corrected chi connectivity index (χ4v) is 1.34. The Bertz CT molecular complexity index is 194. The normalized spacial score (nSPS) is 23.1. The fraction of sp³-hybridized carbons (Fsp3) is 0.571. The fourth-order valence-electron chi connectivity index (χ4n) is 1.34. The molecule has 0 saturated carbocycles. The molecule has 1 atom stereocenters. The van der Waals surface area contributed by atoms with Gasteiger partial charge in [-0.25, -0.2) is 0 Å². The van der Waals surface area contributed by atoms with Crippen molar-refractivity contribution in [1.82, 2.24) is 10.5 Å². The van der Waals surface area contributed by atoms with E-state index in [4.69, 9.17) is 4.52 Å². The van der Waals surface area contributed by atoms with Crippen LogP contribution in [0.3, 0.4) is 0 Å². The van der Waals surface area contributed by atoms with E-state index in [1.165, 1.54) is 6.42 Å². The molecule has 4 heteroatoms. The van der Waals surface area contributed by atoms with Crippen molar-refractivity contribution in [3.63, 3.8) is 0 Å². The van der Waals surface area contributed by atoms with Crippen LogP contribution in [0.4, 0.5) is 0 Å². The average Bonchev–Trinajstić information content (AvgIpc) is 2.59. The van der Waals surface area contributed by atoms with E-state index in [0.717, 1.165) is 18.8 Å². The van der Waals surface area contributed by atoms with Crippen LogP contribution < -0.4 is 5.32 Å². The Kier molecular flexibility index (Phi) is 2.91. The van der Waals surface area contributed by atoms with E-state index in [0.29, 0.717) is 5.92 Å². The van der Waals surface area contributed by atoms with Crippen molar-refractivity contribution < 1.29 is 4.52 Å². The highest BCUT2D eigenvalue weighted by molar-refractivity contribution is 5.85. The zero-order chi connectivity index (χ0) is 6.81. The number of nitrogens with one attached hydrogen (secondary N) is 1. The molecule has 3 nitrogen and oxygen atoms in total. The van der Waals surface area contributed by atoms with E-state index in [2.05, 4.69) is 10.5 Å². The molecule has 1 saturated heterocycles. The molecule has 1 aliphatic rings. The van der Waals surface area contributed by atoms with E-state index in [1.54, 1.807) is 6.26 Å². The maximum absolute atomic E-state index is 4.75. The zero-order valence-corrected chi connectivity index (χ0v) is 6.93. The Hall–Kier alpha value is -0.540. The number of rotatable bonds is 1. The number of hydrogen-bond donors (Lipinski definition) is 1. The minimum atomic E-state index is 0. The molecule has 0 amide bonds. The van der Waals surface area contributed by atoms with E-state index < -0.39 is 0 Å². The molecule has 1 unspecified atom stereocenters. The lowest BCUT2D eigenvalue weighted by Gasteiger charge is -1.99. The van der Waals surface area contributed by atoms with E-state index in [9.17, 15) is 0 Å². The molecule has 1 aliphatic heterocycles. The van der Waals surface area contributed by atoms with Crippen LogP contribution in [0.25, 0.3) is 0 Å². The highest BCUT2D eigenvalue weighted by atomic mass is 35.5. The van der Waals surface area contributed by atoms with Crippen LogP contribution in [0.15, 0.2) is 16.9 Å². The number of hydrogen-bond acceptors (Lipinski definition) is 3. The van der Waals surface area contributed by atoms with Gasteiger partial charge in [0, 0.05) is 18.5 Å². The molecule has 1 aromatic rings. The summed E-state index contributed by atoms with van der Waals surface area (Å²) in [6.45, 7) is 2.16. The summed E-state index contributed by atoms with van der Waals surface area (Å²) in [7, 11) is 0. The van der Waals surface area contributed by atoms with Gasteiger partial charge in [0.25, 0.3) is 0 Å². The Morgan fingerprint density at radius 2 is 2.55 bits per heavy atom. The number of nitrogens with zero attached hydrogens (tertiary/aromatic N) is 1. The van der Waals surface area contributed by atoms with Crippen LogP contribution in [0.1, 0.15) is 18.0 Å².